The summed E-state index contributed by atoms with van der Waals surface area (Å²) in [7, 11) is 0. The smallest absolute Gasteiger partial charge is 0.0250 e. The van der Waals surface area contributed by atoms with Gasteiger partial charge in [0.05, 0.1) is 0 Å². The Hall–Kier alpha value is -0.780. The van der Waals surface area contributed by atoms with E-state index in [1.54, 1.807) is 16.7 Å². The molecule has 0 spiro atoms. The third-order valence-electron chi connectivity index (χ3n) is 5.80. The first-order chi connectivity index (χ1) is 9.65. The molecule has 0 heteroatoms. The fourth-order valence-electron chi connectivity index (χ4n) is 4.34. The van der Waals surface area contributed by atoms with Crippen LogP contribution in [0.5, 0.6) is 0 Å². The van der Waals surface area contributed by atoms with Gasteiger partial charge in [0.15, 0.2) is 0 Å². The molecular formula is C20H30. The molecule has 3 rings (SSSR count). The van der Waals surface area contributed by atoms with E-state index in [9.17, 15) is 0 Å². The highest BCUT2D eigenvalue weighted by Crippen LogP contribution is 2.41. The first-order valence-corrected chi connectivity index (χ1v) is 8.75. The number of rotatable bonds is 4. The molecule has 1 fully saturated rings. The second kappa shape index (κ2) is 5.92. The Bertz CT molecular complexity index is 451. The zero-order valence-corrected chi connectivity index (χ0v) is 13.4. The Kier molecular flexibility index (Phi) is 4.19. The largest absolute Gasteiger partial charge is 0.0622 e. The Morgan fingerprint density at radius 2 is 1.95 bits per heavy atom. The van der Waals surface area contributed by atoms with Gasteiger partial charge in [0.25, 0.3) is 0 Å². The van der Waals surface area contributed by atoms with Crippen LogP contribution in [0.25, 0.3) is 0 Å². The average molecular weight is 270 g/mol. The van der Waals surface area contributed by atoms with Gasteiger partial charge in [-0.2, -0.15) is 0 Å². The summed E-state index contributed by atoms with van der Waals surface area (Å²) in [4.78, 5) is 0. The van der Waals surface area contributed by atoms with Crippen LogP contribution in [-0.4, -0.2) is 0 Å². The highest BCUT2D eigenvalue weighted by atomic mass is 14.3. The molecule has 0 aromatic heterocycles. The Morgan fingerprint density at radius 3 is 2.75 bits per heavy atom. The summed E-state index contributed by atoms with van der Waals surface area (Å²) in [6.07, 6.45) is 14.0. The van der Waals surface area contributed by atoms with Crippen molar-refractivity contribution in [2.75, 3.05) is 0 Å². The van der Waals surface area contributed by atoms with Crippen LogP contribution in [0.15, 0.2) is 18.2 Å². The van der Waals surface area contributed by atoms with Crippen molar-refractivity contribution in [1.29, 1.82) is 0 Å². The average Bonchev–Trinajstić information content (AvgIpc) is 2.86. The summed E-state index contributed by atoms with van der Waals surface area (Å²) in [6.45, 7) is 4.90. The van der Waals surface area contributed by atoms with Gasteiger partial charge in [-0.15, -0.1) is 0 Å². The third-order valence-corrected chi connectivity index (χ3v) is 5.80. The van der Waals surface area contributed by atoms with Crippen molar-refractivity contribution < 1.29 is 0 Å². The van der Waals surface area contributed by atoms with Crippen molar-refractivity contribution in [3.05, 3.63) is 34.9 Å². The molecule has 2 aliphatic rings. The predicted molar refractivity (Wildman–Crippen MR) is 87.1 cm³/mol. The lowest BCUT2D eigenvalue weighted by molar-refractivity contribution is 0.300. The summed E-state index contributed by atoms with van der Waals surface area (Å²) < 4.78 is 0. The van der Waals surface area contributed by atoms with Gasteiger partial charge in [0.1, 0.15) is 0 Å². The lowest BCUT2D eigenvalue weighted by Crippen LogP contribution is -2.12. The van der Waals surface area contributed by atoms with Crippen LogP contribution in [0.1, 0.15) is 75.5 Å². The molecule has 0 heterocycles. The van der Waals surface area contributed by atoms with Crippen LogP contribution in [-0.2, 0) is 19.3 Å². The van der Waals surface area contributed by atoms with Crippen molar-refractivity contribution in [1.82, 2.24) is 0 Å². The molecule has 0 amide bonds. The van der Waals surface area contributed by atoms with Crippen molar-refractivity contribution in [3.8, 4) is 0 Å². The number of hydrogen-bond acceptors (Lipinski definition) is 0. The normalized spacial score (nSPS) is 24.6. The van der Waals surface area contributed by atoms with Crippen LogP contribution >= 0.6 is 0 Å². The fourth-order valence-corrected chi connectivity index (χ4v) is 4.34. The number of aryl methyl sites for hydroxylation is 2. The standard InChI is InChI=1S/C20H30/c1-16-7-9-19-15-17(8-10-18(19)14-16)6-5-13-20(2)11-3-4-12-20/h8,10,15-16H,3-7,9,11-14H2,1-2H3/t16-/m0/s1. The van der Waals surface area contributed by atoms with Crippen molar-refractivity contribution in [3.63, 3.8) is 0 Å². The molecule has 0 aliphatic heterocycles. The van der Waals surface area contributed by atoms with Gasteiger partial charge in [-0.1, -0.05) is 44.9 Å². The molecule has 0 nitrogen and oxygen atoms in total. The van der Waals surface area contributed by atoms with Crippen molar-refractivity contribution in [2.24, 2.45) is 11.3 Å². The number of fused-ring (bicyclic) bond motifs is 1. The van der Waals surface area contributed by atoms with E-state index >= 15 is 0 Å². The Labute approximate surface area is 125 Å². The minimum absolute atomic E-state index is 0.670. The highest BCUT2D eigenvalue weighted by Gasteiger charge is 2.27. The van der Waals surface area contributed by atoms with Crippen molar-refractivity contribution in [2.45, 2.75) is 78.1 Å². The zero-order chi connectivity index (χ0) is 14.0. The van der Waals surface area contributed by atoms with E-state index in [-0.39, 0.29) is 0 Å². The molecule has 0 radical (unpaired) electrons. The molecule has 110 valence electrons. The molecule has 0 saturated heterocycles. The fraction of sp³-hybridized carbons (Fsp3) is 0.700. The van der Waals surface area contributed by atoms with Crippen LogP contribution < -0.4 is 0 Å². The lowest BCUT2D eigenvalue weighted by Gasteiger charge is -2.24. The monoisotopic (exact) mass is 270 g/mol. The molecule has 2 aliphatic carbocycles. The summed E-state index contributed by atoms with van der Waals surface area (Å²) in [6, 6.07) is 7.32. The Balaban J connectivity index is 1.56. The molecule has 0 N–H and O–H groups in total. The lowest BCUT2D eigenvalue weighted by atomic mass is 9.82. The second-order valence-corrected chi connectivity index (χ2v) is 7.82. The molecule has 1 aromatic carbocycles. The quantitative estimate of drug-likeness (QED) is 0.657. The number of benzene rings is 1. The molecule has 0 unspecified atom stereocenters. The number of hydrogen-bond donors (Lipinski definition) is 0. The molecule has 1 aromatic rings. The van der Waals surface area contributed by atoms with Crippen LogP contribution in [0, 0.1) is 11.3 Å². The molecular weight excluding hydrogens is 240 g/mol. The minimum atomic E-state index is 0.670. The summed E-state index contributed by atoms with van der Waals surface area (Å²) in [5, 5.41) is 0. The molecule has 1 saturated carbocycles. The van der Waals surface area contributed by atoms with Gasteiger partial charge >= 0.3 is 0 Å². The topological polar surface area (TPSA) is 0 Å². The van der Waals surface area contributed by atoms with Gasteiger partial charge < -0.3 is 0 Å². The highest BCUT2D eigenvalue weighted by molar-refractivity contribution is 5.34. The SMILES string of the molecule is C[C@H]1CCc2cc(CCCC3(C)CCCC3)ccc2C1. The summed E-state index contributed by atoms with van der Waals surface area (Å²) in [5.41, 5.74) is 5.52. The van der Waals surface area contributed by atoms with Gasteiger partial charge in [0, 0.05) is 0 Å². The molecule has 20 heavy (non-hydrogen) atoms. The van der Waals surface area contributed by atoms with Crippen LogP contribution in [0.3, 0.4) is 0 Å². The van der Waals surface area contributed by atoms with E-state index in [1.807, 2.05) is 0 Å². The molecule has 0 bridgehead atoms. The van der Waals surface area contributed by atoms with E-state index < -0.39 is 0 Å². The van der Waals surface area contributed by atoms with Gasteiger partial charge in [-0.25, -0.2) is 0 Å². The van der Waals surface area contributed by atoms with Crippen molar-refractivity contribution >= 4 is 0 Å². The second-order valence-electron chi connectivity index (χ2n) is 7.82. The van der Waals surface area contributed by atoms with E-state index in [0.29, 0.717) is 5.41 Å². The van der Waals surface area contributed by atoms with E-state index in [2.05, 4.69) is 32.0 Å². The van der Waals surface area contributed by atoms with Gasteiger partial charge in [0.2, 0.25) is 0 Å². The summed E-state index contributed by atoms with van der Waals surface area (Å²) >= 11 is 0. The third kappa shape index (κ3) is 3.27. The maximum Gasteiger partial charge on any atom is -0.0250 e. The Morgan fingerprint density at radius 1 is 1.15 bits per heavy atom. The first kappa shape index (κ1) is 14.2. The summed E-state index contributed by atoms with van der Waals surface area (Å²) in [5.74, 6) is 0.885. The maximum absolute atomic E-state index is 2.51. The zero-order valence-electron chi connectivity index (χ0n) is 13.4. The first-order valence-electron chi connectivity index (χ1n) is 8.75. The van der Waals surface area contributed by atoms with Crippen LogP contribution in [0.2, 0.25) is 0 Å². The van der Waals surface area contributed by atoms with Crippen LogP contribution in [0.4, 0.5) is 0 Å². The molecule has 1 atom stereocenters. The minimum Gasteiger partial charge on any atom is -0.0622 e. The van der Waals surface area contributed by atoms with Gasteiger partial charge in [-0.3, -0.25) is 0 Å². The van der Waals surface area contributed by atoms with Gasteiger partial charge in [-0.05, 0) is 79.4 Å². The van der Waals surface area contributed by atoms with E-state index in [1.165, 1.54) is 64.2 Å². The van der Waals surface area contributed by atoms with E-state index in [4.69, 9.17) is 0 Å². The van der Waals surface area contributed by atoms with E-state index in [0.717, 1.165) is 5.92 Å². The maximum atomic E-state index is 2.51. The predicted octanol–water partition coefficient (Wildman–Crippen LogP) is 5.71.